The lowest BCUT2D eigenvalue weighted by Gasteiger charge is -2.40. The lowest BCUT2D eigenvalue weighted by Crippen LogP contribution is -2.40. The van der Waals surface area contributed by atoms with Crippen molar-refractivity contribution in [3.63, 3.8) is 0 Å². The fourth-order valence-electron chi connectivity index (χ4n) is 3.41. The van der Waals surface area contributed by atoms with Gasteiger partial charge in [0.05, 0.1) is 0 Å². The van der Waals surface area contributed by atoms with E-state index < -0.39 is 0 Å². The molecular formula is C17H21ClN2S. The normalized spacial score (nSPS) is 20.3. The molecule has 2 unspecified atom stereocenters. The molecule has 0 spiro atoms. The van der Waals surface area contributed by atoms with Crippen molar-refractivity contribution < 1.29 is 0 Å². The number of hydrogen-bond donors (Lipinski definition) is 1. The number of fused-ring (bicyclic) bond motifs is 1. The van der Waals surface area contributed by atoms with Crippen LogP contribution >= 0.6 is 22.9 Å². The fraction of sp³-hybridized carbons (Fsp3) is 0.412. The summed E-state index contributed by atoms with van der Waals surface area (Å²) in [5, 5.41) is 2.99. The average Bonchev–Trinajstić information content (AvgIpc) is 2.93. The predicted octanol–water partition coefficient (Wildman–Crippen LogP) is 4.33. The van der Waals surface area contributed by atoms with Gasteiger partial charge in [-0.3, -0.25) is 4.90 Å². The molecule has 2 aromatic rings. The van der Waals surface area contributed by atoms with Gasteiger partial charge in [0, 0.05) is 35.1 Å². The van der Waals surface area contributed by atoms with E-state index in [1.807, 2.05) is 23.5 Å². The van der Waals surface area contributed by atoms with Crippen molar-refractivity contribution in [2.75, 3.05) is 13.1 Å². The van der Waals surface area contributed by atoms with Crippen molar-refractivity contribution in [2.24, 2.45) is 5.73 Å². The van der Waals surface area contributed by atoms with Crippen LogP contribution in [0.3, 0.4) is 0 Å². The number of nitrogens with two attached hydrogens (primary N) is 1. The Labute approximate surface area is 135 Å². The van der Waals surface area contributed by atoms with Crippen LogP contribution in [-0.4, -0.2) is 18.0 Å². The molecule has 3 rings (SSSR count). The van der Waals surface area contributed by atoms with Crippen molar-refractivity contribution in [1.29, 1.82) is 0 Å². The molecule has 2 atom stereocenters. The highest BCUT2D eigenvalue weighted by Crippen LogP contribution is 2.38. The Hall–Kier alpha value is -0.870. The monoisotopic (exact) mass is 320 g/mol. The summed E-state index contributed by atoms with van der Waals surface area (Å²) in [6.07, 6.45) is 1.13. The van der Waals surface area contributed by atoms with E-state index in [-0.39, 0.29) is 6.04 Å². The van der Waals surface area contributed by atoms with Crippen molar-refractivity contribution in [3.8, 4) is 0 Å². The highest BCUT2D eigenvalue weighted by atomic mass is 35.5. The van der Waals surface area contributed by atoms with E-state index in [0.717, 1.165) is 18.0 Å². The van der Waals surface area contributed by atoms with E-state index in [1.165, 1.54) is 21.6 Å². The van der Waals surface area contributed by atoms with E-state index in [9.17, 15) is 0 Å². The molecule has 1 aromatic carbocycles. The second-order valence-electron chi connectivity index (χ2n) is 5.72. The third-order valence-corrected chi connectivity index (χ3v) is 5.77. The maximum absolute atomic E-state index is 6.13. The maximum Gasteiger partial charge on any atom is 0.0479 e. The lowest BCUT2D eigenvalue weighted by molar-refractivity contribution is 0.138. The largest absolute Gasteiger partial charge is 0.329 e. The van der Waals surface area contributed by atoms with Gasteiger partial charge in [-0.25, -0.2) is 0 Å². The summed E-state index contributed by atoms with van der Waals surface area (Å²) in [4.78, 5) is 4.06. The van der Waals surface area contributed by atoms with Crippen molar-refractivity contribution in [3.05, 3.63) is 56.2 Å². The summed E-state index contributed by atoms with van der Waals surface area (Å²) >= 11 is 7.96. The predicted molar refractivity (Wildman–Crippen MR) is 91.1 cm³/mol. The Morgan fingerprint density at radius 1 is 1.43 bits per heavy atom. The molecule has 4 heteroatoms. The van der Waals surface area contributed by atoms with Gasteiger partial charge in [-0.2, -0.15) is 0 Å². The first-order valence-corrected chi connectivity index (χ1v) is 8.65. The van der Waals surface area contributed by atoms with Crippen LogP contribution in [0.25, 0.3) is 0 Å². The topological polar surface area (TPSA) is 29.3 Å². The van der Waals surface area contributed by atoms with E-state index >= 15 is 0 Å². The van der Waals surface area contributed by atoms with E-state index in [4.69, 9.17) is 17.3 Å². The van der Waals surface area contributed by atoms with Crippen LogP contribution in [0.15, 0.2) is 29.6 Å². The Morgan fingerprint density at radius 3 is 2.95 bits per heavy atom. The van der Waals surface area contributed by atoms with E-state index in [0.29, 0.717) is 12.6 Å². The van der Waals surface area contributed by atoms with Gasteiger partial charge in [-0.15, -0.1) is 11.3 Å². The molecular weight excluding hydrogens is 300 g/mol. The second-order valence-corrected chi connectivity index (χ2v) is 7.15. The molecule has 112 valence electrons. The van der Waals surface area contributed by atoms with Crippen LogP contribution in [0.1, 0.15) is 40.6 Å². The molecule has 21 heavy (non-hydrogen) atoms. The first kappa shape index (κ1) is 15.0. The molecule has 0 radical (unpaired) electrons. The molecule has 0 saturated carbocycles. The average molecular weight is 321 g/mol. The third kappa shape index (κ3) is 2.76. The smallest absolute Gasteiger partial charge is 0.0479 e. The summed E-state index contributed by atoms with van der Waals surface area (Å²) in [7, 11) is 0. The molecule has 1 aliphatic rings. The quantitative estimate of drug-likeness (QED) is 0.912. The summed E-state index contributed by atoms with van der Waals surface area (Å²) in [6, 6.07) is 9.07. The van der Waals surface area contributed by atoms with Crippen LogP contribution in [0.5, 0.6) is 0 Å². The minimum atomic E-state index is 0.255. The molecule has 0 fully saturated rings. The van der Waals surface area contributed by atoms with Gasteiger partial charge in [0.1, 0.15) is 0 Å². The molecule has 0 saturated heterocycles. The highest BCUT2D eigenvalue weighted by molar-refractivity contribution is 7.10. The molecule has 2 N–H and O–H groups in total. The van der Waals surface area contributed by atoms with Gasteiger partial charge in [-0.05, 0) is 60.5 Å². The zero-order valence-electron chi connectivity index (χ0n) is 12.5. The van der Waals surface area contributed by atoms with Gasteiger partial charge in [0.2, 0.25) is 0 Å². The number of aryl methyl sites for hydroxylation is 1. The summed E-state index contributed by atoms with van der Waals surface area (Å²) in [5.41, 5.74) is 10.1. The number of benzene rings is 1. The van der Waals surface area contributed by atoms with Crippen LogP contribution in [0.4, 0.5) is 0 Å². The van der Waals surface area contributed by atoms with Gasteiger partial charge in [0.25, 0.3) is 0 Å². The summed E-state index contributed by atoms with van der Waals surface area (Å²) in [5.74, 6) is 0. The second kappa shape index (κ2) is 6.09. The molecule has 0 aliphatic carbocycles. The Bertz CT molecular complexity index is 637. The molecule has 2 heterocycles. The van der Waals surface area contributed by atoms with Crippen LogP contribution in [-0.2, 0) is 6.42 Å². The standard InChI is InChI=1S/C17H21ClN2S/c1-11-9-13(18)3-4-14(11)16(10-19)20-7-5-17-15(12(20)2)6-8-21-17/h3-4,6,8-9,12,16H,5,7,10,19H2,1-2H3. The molecule has 0 bridgehead atoms. The van der Waals surface area contributed by atoms with Crippen molar-refractivity contribution >= 4 is 22.9 Å². The lowest BCUT2D eigenvalue weighted by atomic mass is 9.94. The zero-order chi connectivity index (χ0) is 15.0. The van der Waals surface area contributed by atoms with Gasteiger partial charge < -0.3 is 5.73 Å². The number of rotatable bonds is 3. The number of nitrogens with zero attached hydrogens (tertiary/aromatic N) is 1. The summed E-state index contributed by atoms with van der Waals surface area (Å²) < 4.78 is 0. The van der Waals surface area contributed by atoms with Crippen molar-refractivity contribution in [2.45, 2.75) is 32.4 Å². The first-order chi connectivity index (χ1) is 10.1. The van der Waals surface area contributed by atoms with Crippen LogP contribution < -0.4 is 5.73 Å². The SMILES string of the molecule is Cc1cc(Cl)ccc1C(CN)N1CCc2sccc2C1C. The Morgan fingerprint density at radius 2 is 2.24 bits per heavy atom. The van der Waals surface area contributed by atoms with Crippen LogP contribution in [0.2, 0.25) is 5.02 Å². The molecule has 2 nitrogen and oxygen atoms in total. The van der Waals surface area contributed by atoms with Gasteiger partial charge >= 0.3 is 0 Å². The van der Waals surface area contributed by atoms with E-state index in [1.54, 1.807) is 0 Å². The van der Waals surface area contributed by atoms with Crippen molar-refractivity contribution in [1.82, 2.24) is 4.90 Å². The number of hydrogen-bond acceptors (Lipinski definition) is 3. The molecule has 1 aromatic heterocycles. The Kier molecular flexibility index (Phi) is 4.36. The number of thiophene rings is 1. The van der Waals surface area contributed by atoms with Crippen LogP contribution in [0, 0.1) is 6.92 Å². The van der Waals surface area contributed by atoms with Gasteiger partial charge in [0.15, 0.2) is 0 Å². The zero-order valence-corrected chi connectivity index (χ0v) is 14.0. The summed E-state index contributed by atoms with van der Waals surface area (Å²) in [6.45, 7) is 6.11. The fourth-order valence-corrected chi connectivity index (χ4v) is 4.60. The minimum absolute atomic E-state index is 0.255. The minimum Gasteiger partial charge on any atom is -0.329 e. The molecule has 0 amide bonds. The van der Waals surface area contributed by atoms with Gasteiger partial charge in [-0.1, -0.05) is 17.7 Å². The Balaban J connectivity index is 1.94. The molecule has 1 aliphatic heterocycles. The first-order valence-electron chi connectivity index (χ1n) is 7.40. The maximum atomic E-state index is 6.13. The third-order valence-electron chi connectivity index (χ3n) is 4.54. The number of halogens is 1. The van der Waals surface area contributed by atoms with E-state index in [2.05, 4.69) is 36.3 Å². The highest BCUT2D eigenvalue weighted by Gasteiger charge is 2.30.